The van der Waals surface area contributed by atoms with Crippen molar-refractivity contribution >= 4 is 0 Å². The fourth-order valence-electron chi connectivity index (χ4n) is 1.64. The van der Waals surface area contributed by atoms with E-state index in [0.29, 0.717) is 6.04 Å². The molecule has 1 nitrogen and oxygen atoms in total. The summed E-state index contributed by atoms with van der Waals surface area (Å²) in [6.07, 6.45) is 9.29. The maximum Gasteiger partial charge on any atom is 0.00392 e. The molecule has 0 heterocycles. The molecule has 0 amide bonds. The van der Waals surface area contributed by atoms with Crippen molar-refractivity contribution in [2.75, 3.05) is 0 Å². The fraction of sp³-hybridized carbons (Fsp3) is 0.636. The van der Waals surface area contributed by atoms with Gasteiger partial charge in [0.2, 0.25) is 0 Å². The zero-order valence-corrected chi connectivity index (χ0v) is 7.92. The van der Waals surface area contributed by atoms with E-state index < -0.39 is 0 Å². The van der Waals surface area contributed by atoms with Gasteiger partial charge in [-0.15, -0.1) is 0 Å². The maximum absolute atomic E-state index is 5.81. The molecule has 2 N–H and O–H groups in total. The Morgan fingerprint density at radius 1 is 1.33 bits per heavy atom. The van der Waals surface area contributed by atoms with E-state index in [2.05, 4.69) is 18.7 Å². The van der Waals surface area contributed by atoms with Crippen molar-refractivity contribution in [3.63, 3.8) is 0 Å². The molecular weight excluding hydrogens is 146 g/mol. The van der Waals surface area contributed by atoms with Crippen molar-refractivity contribution in [1.82, 2.24) is 0 Å². The standard InChI is InChI=1S/C11H19N/c1-9(2)3-4-10-5-7-11(12)8-6-10/h3-4,10-11H,1,5-8,12H2,2H3/b4-3+. The quantitative estimate of drug-likeness (QED) is 0.625. The van der Waals surface area contributed by atoms with Gasteiger partial charge in [0.05, 0.1) is 0 Å². The zero-order chi connectivity index (χ0) is 8.97. The molecule has 1 aliphatic rings. The number of hydrogen-bond acceptors (Lipinski definition) is 1. The number of hydrogen-bond donors (Lipinski definition) is 1. The van der Waals surface area contributed by atoms with Gasteiger partial charge in [-0.2, -0.15) is 0 Å². The lowest BCUT2D eigenvalue weighted by Crippen LogP contribution is -2.25. The zero-order valence-electron chi connectivity index (χ0n) is 7.92. The van der Waals surface area contributed by atoms with Crippen LogP contribution in [-0.2, 0) is 0 Å². The second-order valence-corrected chi connectivity index (χ2v) is 3.88. The van der Waals surface area contributed by atoms with Gasteiger partial charge in [-0.1, -0.05) is 24.3 Å². The molecule has 0 aromatic heterocycles. The topological polar surface area (TPSA) is 26.0 Å². The maximum atomic E-state index is 5.81. The summed E-state index contributed by atoms with van der Waals surface area (Å²) in [4.78, 5) is 0. The summed E-state index contributed by atoms with van der Waals surface area (Å²) in [5.41, 5.74) is 6.95. The van der Waals surface area contributed by atoms with Gasteiger partial charge in [0.15, 0.2) is 0 Å². The molecule has 0 radical (unpaired) electrons. The Morgan fingerprint density at radius 2 is 1.92 bits per heavy atom. The van der Waals surface area contributed by atoms with Gasteiger partial charge in [-0.25, -0.2) is 0 Å². The molecule has 1 saturated carbocycles. The minimum absolute atomic E-state index is 0.458. The lowest BCUT2D eigenvalue weighted by atomic mass is 9.86. The molecular formula is C11H19N. The van der Waals surface area contributed by atoms with Crippen LogP contribution in [0.2, 0.25) is 0 Å². The molecule has 0 atom stereocenters. The highest BCUT2D eigenvalue weighted by Gasteiger charge is 2.15. The molecule has 1 aliphatic carbocycles. The molecule has 0 bridgehead atoms. The van der Waals surface area contributed by atoms with Gasteiger partial charge in [-0.05, 0) is 38.5 Å². The van der Waals surface area contributed by atoms with E-state index in [1.807, 2.05) is 6.92 Å². The first-order valence-corrected chi connectivity index (χ1v) is 4.78. The van der Waals surface area contributed by atoms with Crippen LogP contribution in [0.15, 0.2) is 24.3 Å². The van der Waals surface area contributed by atoms with Crippen molar-refractivity contribution in [1.29, 1.82) is 0 Å². The van der Waals surface area contributed by atoms with E-state index in [1.165, 1.54) is 25.7 Å². The summed E-state index contributed by atoms with van der Waals surface area (Å²) >= 11 is 0. The van der Waals surface area contributed by atoms with E-state index in [4.69, 9.17) is 5.73 Å². The smallest absolute Gasteiger partial charge is 0.00392 e. The highest BCUT2D eigenvalue weighted by Crippen LogP contribution is 2.24. The third kappa shape index (κ3) is 3.22. The van der Waals surface area contributed by atoms with Crippen molar-refractivity contribution in [3.8, 4) is 0 Å². The van der Waals surface area contributed by atoms with Crippen LogP contribution in [-0.4, -0.2) is 6.04 Å². The molecule has 68 valence electrons. The number of allylic oxidation sites excluding steroid dienone is 3. The van der Waals surface area contributed by atoms with Gasteiger partial charge in [0.25, 0.3) is 0 Å². The van der Waals surface area contributed by atoms with Crippen LogP contribution in [0.1, 0.15) is 32.6 Å². The monoisotopic (exact) mass is 165 g/mol. The Morgan fingerprint density at radius 3 is 2.42 bits per heavy atom. The van der Waals surface area contributed by atoms with E-state index in [-0.39, 0.29) is 0 Å². The first-order valence-electron chi connectivity index (χ1n) is 4.78. The molecule has 0 unspecified atom stereocenters. The minimum atomic E-state index is 0.458. The Bertz CT molecular complexity index is 173. The third-order valence-corrected chi connectivity index (χ3v) is 2.47. The predicted molar refractivity (Wildman–Crippen MR) is 53.9 cm³/mol. The summed E-state index contributed by atoms with van der Waals surface area (Å²) in [6, 6.07) is 0.458. The van der Waals surface area contributed by atoms with E-state index in [1.54, 1.807) is 0 Å². The summed E-state index contributed by atoms with van der Waals surface area (Å²) in [5.74, 6) is 0.751. The Hall–Kier alpha value is -0.560. The average Bonchev–Trinajstić information content (AvgIpc) is 2.03. The lowest BCUT2D eigenvalue weighted by Gasteiger charge is -2.23. The van der Waals surface area contributed by atoms with Crippen LogP contribution in [0.3, 0.4) is 0 Å². The van der Waals surface area contributed by atoms with Gasteiger partial charge in [0.1, 0.15) is 0 Å². The second kappa shape index (κ2) is 4.46. The first-order chi connectivity index (χ1) is 5.68. The van der Waals surface area contributed by atoms with E-state index >= 15 is 0 Å². The van der Waals surface area contributed by atoms with Crippen LogP contribution in [0.25, 0.3) is 0 Å². The Balaban J connectivity index is 2.30. The van der Waals surface area contributed by atoms with Crippen molar-refractivity contribution < 1.29 is 0 Å². The molecule has 0 spiro atoms. The fourth-order valence-corrected chi connectivity index (χ4v) is 1.64. The second-order valence-electron chi connectivity index (χ2n) is 3.88. The van der Waals surface area contributed by atoms with Crippen molar-refractivity contribution in [3.05, 3.63) is 24.3 Å². The summed E-state index contributed by atoms with van der Waals surface area (Å²) in [5, 5.41) is 0. The SMILES string of the molecule is C=C(C)/C=C/C1CCC(N)CC1. The Kier molecular flexibility index (Phi) is 3.54. The molecule has 1 fully saturated rings. The summed E-state index contributed by atoms with van der Waals surface area (Å²) in [7, 11) is 0. The molecule has 0 aliphatic heterocycles. The predicted octanol–water partition coefficient (Wildman–Crippen LogP) is 2.64. The van der Waals surface area contributed by atoms with Gasteiger partial charge in [0, 0.05) is 6.04 Å². The summed E-state index contributed by atoms with van der Waals surface area (Å²) < 4.78 is 0. The Labute approximate surface area is 75.3 Å². The number of rotatable bonds is 2. The van der Waals surface area contributed by atoms with Crippen molar-refractivity contribution in [2.24, 2.45) is 11.7 Å². The molecule has 1 heteroatoms. The van der Waals surface area contributed by atoms with Crippen LogP contribution in [0.5, 0.6) is 0 Å². The molecule has 0 aromatic carbocycles. The minimum Gasteiger partial charge on any atom is -0.328 e. The highest BCUT2D eigenvalue weighted by atomic mass is 14.6. The number of nitrogens with two attached hydrogens (primary N) is 1. The lowest BCUT2D eigenvalue weighted by molar-refractivity contribution is 0.375. The van der Waals surface area contributed by atoms with Gasteiger partial charge < -0.3 is 5.73 Å². The molecule has 0 saturated heterocycles. The van der Waals surface area contributed by atoms with E-state index in [0.717, 1.165) is 11.5 Å². The highest BCUT2D eigenvalue weighted by molar-refractivity contribution is 5.12. The van der Waals surface area contributed by atoms with Gasteiger partial charge in [-0.3, -0.25) is 0 Å². The third-order valence-electron chi connectivity index (χ3n) is 2.47. The first kappa shape index (κ1) is 9.53. The van der Waals surface area contributed by atoms with Crippen LogP contribution in [0, 0.1) is 5.92 Å². The van der Waals surface area contributed by atoms with E-state index in [9.17, 15) is 0 Å². The van der Waals surface area contributed by atoms with Crippen LogP contribution >= 0.6 is 0 Å². The summed E-state index contributed by atoms with van der Waals surface area (Å²) in [6.45, 7) is 5.88. The van der Waals surface area contributed by atoms with Crippen LogP contribution < -0.4 is 5.73 Å². The van der Waals surface area contributed by atoms with Crippen LogP contribution in [0.4, 0.5) is 0 Å². The molecule has 12 heavy (non-hydrogen) atoms. The molecule has 0 aromatic rings. The average molecular weight is 165 g/mol. The largest absolute Gasteiger partial charge is 0.328 e. The molecule has 1 rings (SSSR count). The van der Waals surface area contributed by atoms with Crippen molar-refractivity contribution in [2.45, 2.75) is 38.6 Å². The van der Waals surface area contributed by atoms with Gasteiger partial charge >= 0.3 is 0 Å². The normalized spacial score (nSPS) is 30.8.